The average molecular weight is 313 g/mol. The van der Waals surface area contributed by atoms with Crippen LogP contribution < -0.4 is 5.32 Å². The molecule has 1 aromatic rings. The number of halogens is 1. The van der Waals surface area contributed by atoms with Gasteiger partial charge in [-0.3, -0.25) is 4.79 Å². The molecule has 0 radical (unpaired) electrons. The van der Waals surface area contributed by atoms with Crippen molar-refractivity contribution < 1.29 is 9.53 Å². The van der Waals surface area contributed by atoms with Gasteiger partial charge >= 0.3 is 0 Å². The molecule has 0 spiro atoms. The van der Waals surface area contributed by atoms with E-state index < -0.39 is 0 Å². The molecule has 0 aromatic heterocycles. The fourth-order valence-electron chi connectivity index (χ4n) is 1.94. The quantitative estimate of drug-likeness (QED) is 0.920. The maximum Gasteiger partial charge on any atom is 0.252 e. The maximum atomic E-state index is 12.0. The molecule has 1 aliphatic heterocycles. The fraction of sp³-hybridized carbons (Fsp3) is 0.462. The summed E-state index contributed by atoms with van der Waals surface area (Å²) in [6.07, 6.45) is 0.0789. The first-order valence-corrected chi connectivity index (χ1v) is 6.79. The second-order valence-corrected chi connectivity index (χ2v) is 5.30. The van der Waals surface area contributed by atoms with E-state index in [1.54, 1.807) is 6.07 Å². The summed E-state index contributed by atoms with van der Waals surface area (Å²) >= 11 is 3.37. The van der Waals surface area contributed by atoms with E-state index in [2.05, 4.69) is 33.2 Å². The van der Waals surface area contributed by atoms with Crippen molar-refractivity contribution in [3.63, 3.8) is 0 Å². The van der Waals surface area contributed by atoms with Gasteiger partial charge in [0.15, 0.2) is 0 Å². The number of rotatable bonds is 3. The summed E-state index contributed by atoms with van der Waals surface area (Å²) < 4.78 is 6.41. The van der Waals surface area contributed by atoms with Crippen LogP contribution in [0.5, 0.6) is 0 Å². The highest BCUT2D eigenvalue weighted by Crippen LogP contribution is 2.15. The van der Waals surface area contributed by atoms with Crippen LogP contribution in [0.1, 0.15) is 10.4 Å². The number of nitrogens with one attached hydrogen (secondary N) is 1. The fourth-order valence-corrected chi connectivity index (χ4v) is 2.40. The van der Waals surface area contributed by atoms with Gasteiger partial charge in [0.2, 0.25) is 0 Å². The Morgan fingerprint density at radius 3 is 3.06 bits per heavy atom. The Bertz CT molecular complexity index is 425. The molecule has 18 heavy (non-hydrogen) atoms. The van der Waals surface area contributed by atoms with Gasteiger partial charge < -0.3 is 15.0 Å². The Labute approximate surface area is 115 Å². The first-order valence-electron chi connectivity index (χ1n) is 5.99. The number of ether oxygens (including phenoxy) is 1. The number of carbonyl (C=O) groups excluding carboxylic acids is 1. The predicted octanol–water partition coefficient (Wildman–Crippen LogP) is 1.51. The van der Waals surface area contributed by atoms with Gasteiger partial charge in [-0.05, 0) is 35.1 Å². The highest BCUT2D eigenvalue weighted by atomic mass is 79.9. The van der Waals surface area contributed by atoms with Gasteiger partial charge in [-0.1, -0.05) is 12.1 Å². The molecule has 5 heteroatoms. The van der Waals surface area contributed by atoms with Crippen LogP contribution in [0.25, 0.3) is 0 Å². The summed E-state index contributed by atoms with van der Waals surface area (Å²) in [6.45, 7) is 3.08. The topological polar surface area (TPSA) is 41.6 Å². The number of morpholine rings is 1. The second-order valence-electron chi connectivity index (χ2n) is 4.44. The van der Waals surface area contributed by atoms with Crippen LogP contribution in [-0.4, -0.2) is 50.2 Å². The molecule has 1 fully saturated rings. The van der Waals surface area contributed by atoms with Gasteiger partial charge in [-0.15, -0.1) is 0 Å². The van der Waals surface area contributed by atoms with Crippen molar-refractivity contribution in [3.05, 3.63) is 34.3 Å². The van der Waals surface area contributed by atoms with Crippen molar-refractivity contribution in [3.8, 4) is 0 Å². The SMILES string of the molecule is CN1CCOC(CNC(=O)c2ccccc2Br)C1. The molecule has 1 aromatic carbocycles. The van der Waals surface area contributed by atoms with Crippen molar-refractivity contribution >= 4 is 21.8 Å². The minimum atomic E-state index is -0.0701. The summed E-state index contributed by atoms with van der Waals surface area (Å²) in [4.78, 5) is 14.2. The van der Waals surface area contributed by atoms with E-state index in [1.165, 1.54) is 0 Å². The normalized spacial score (nSPS) is 20.7. The molecular formula is C13H17BrN2O2. The van der Waals surface area contributed by atoms with Crippen molar-refractivity contribution in [2.75, 3.05) is 33.3 Å². The van der Waals surface area contributed by atoms with Gasteiger partial charge in [0.05, 0.1) is 18.3 Å². The lowest BCUT2D eigenvalue weighted by Gasteiger charge is -2.30. The molecule has 4 nitrogen and oxygen atoms in total. The smallest absolute Gasteiger partial charge is 0.252 e. The van der Waals surface area contributed by atoms with E-state index in [4.69, 9.17) is 4.74 Å². The number of likely N-dealkylation sites (N-methyl/N-ethyl adjacent to an activating group) is 1. The molecule has 98 valence electrons. The Hall–Kier alpha value is -0.910. The number of nitrogens with zero attached hydrogens (tertiary/aromatic N) is 1. The van der Waals surface area contributed by atoms with Crippen molar-refractivity contribution in [2.24, 2.45) is 0 Å². The zero-order valence-electron chi connectivity index (χ0n) is 10.4. The highest BCUT2D eigenvalue weighted by molar-refractivity contribution is 9.10. The lowest BCUT2D eigenvalue weighted by Crippen LogP contribution is -2.45. The van der Waals surface area contributed by atoms with Crippen LogP contribution in [0.4, 0.5) is 0 Å². The van der Waals surface area contributed by atoms with Crippen LogP contribution >= 0.6 is 15.9 Å². The average Bonchev–Trinajstić information content (AvgIpc) is 2.37. The molecule has 1 aliphatic rings. The number of amides is 1. The standard InChI is InChI=1S/C13H17BrN2O2/c1-16-6-7-18-10(9-16)8-15-13(17)11-4-2-3-5-12(11)14/h2-5,10H,6-9H2,1H3,(H,15,17). The van der Waals surface area contributed by atoms with Crippen LogP contribution in [-0.2, 0) is 4.74 Å². The predicted molar refractivity (Wildman–Crippen MR) is 73.7 cm³/mol. The Balaban J connectivity index is 1.87. The third-order valence-electron chi connectivity index (χ3n) is 2.95. The van der Waals surface area contributed by atoms with Crippen molar-refractivity contribution in [1.29, 1.82) is 0 Å². The second kappa shape index (κ2) is 6.31. The van der Waals surface area contributed by atoms with E-state index in [9.17, 15) is 4.79 Å². The van der Waals surface area contributed by atoms with Gasteiger partial charge in [0.25, 0.3) is 5.91 Å². The molecule has 1 saturated heterocycles. The Kier molecular flexibility index (Phi) is 4.74. The maximum absolute atomic E-state index is 12.0. The van der Waals surface area contributed by atoms with Crippen molar-refractivity contribution in [2.45, 2.75) is 6.10 Å². The van der Waals surface area contributed by atoms with Gasteiger partial charge in [-0.2, -0.15) is 0 Å². The van der Waals surface area contributed by atoms with Crippen molar-refractivity contribution in [1.82, 2.24) is 10.2 Å². The van der Waals surface area contributed by atoms with E-state index in [-0.39, 0.29) is 12.0 Å². The molecule has 2 rings (SSSR count). The minimum absolute atomic E-state index is 0.0701. The minimum Gasteiger partial charge on any atom is -0.374 e. The van der Waals surface area contributed by atoms with E-state index in [0.717, 1.165) is 24.2 Å². The third kappa shape index (κ3) is 3.54. The molecule has 1 unspecified atom stereocenters. The van der Waals surface area contributed by atoms with Gasteiger partial charge in [0.1, 0.15) is 0 Å². The summed E-state index contributed by atoms with van der Waals surface area (Å²) in [5, 5.41) is 2.91. The van der Waals surface area contributed by atoms with E-state index >= 15 is 0 Å². The zero-order valence-corrected chi connectivity index (χ0v) is 11.9. The molecule has 1 atom stereocenters. The van der Waals surface area contributed by atoms with Crippen LogP contribution in [0.3, 0.4) is 0 Å². The first kappa shape index (κ1) is 13.5. The van der Waals surface area contributed by atoms with Gasteiger partial charge in [-0.25, -0.2) is 0 Å². The lowest BCUT2D eigenvalue weighted by atomic mass is 10.2. The van der Waals surface area contributed by atoms with Crippen LogP contribution in [0.2, 0.25) is 0 Å². The summed E-state index contributed by atoms with van der Waals surface area (Å²) in [7, 11) is 2.06. The van der Waals surface area contributed by atoms with Crippen LogP contribution in [0, 0.1) is 0 Å². The molecule has 0 bridgehead atoms. The summed E-state index contributed by atoms with van der Waals surface area (Å²) in [6, 6.07) is 7.40. The first-order chi connectivity index (χ1) is 8.66. The molecule has 0 saturated carbocycles. The summed E-state index contributed by atoms with van der Waals surface area (Å²) in [5.41, 5.74) is 0.654. The molecule has 1 heterocycles. The lowest BCUT2D eigenvalue weighted by molar-refractivity contribution is -0.0175. The Morgan fingerprint density at radius 1 is 1.56 bits per heavy atom. The van der Waals surface area contributed by atoms with E-state index in [1.807, 2.05) is 18.2 Å². The Morgan fingerprint density at radius 2 is 2.33 bits per heavy atom. The highest BCUT2D eigenvalue weighted by Gasteiger charge is 2.18. The zero-order chi connectivity index (χ0) is 13.0. The molecule has 1 amide bonds. The number of benzene rings is 1. The summed E-state index contributed by atoms with van der Waals surface area (Å²) in [5.74, 6) is -0.0701. The molecule has 0 aliphatic carbocycles. The number of carbonyl (C=O) groups is 1. The number of hydrogen-bond donors (Lipinski definition) is 1. The van der Waals surface area contributed by atoms with E-state index in [0.29, 0.717) is 12.1 Å². The largest absolute Gasteiger partial charge is 0.374 e. The molecular weight excluding hydrogens is 296 g/mol. The third-order valence-corrected chi connectivity index (χ3v) is 3.64. The monoisotopic (exact) mass is 312 g/mol. The van der Waals surface area contributed by atoms with Gasteiger partial charge in [0, 0.05) is 24.1 Å². The van der Waals surface area contributed by atoms with Crippen LogP contribution in [0.15, 0.2) is 28.7 Å². The number of hydrogen-bond acceptors (Lipinski definition) is 3. The molecule has 1 N–H and O–H groups in total.